The van der Waals surface area contributed by atoms with Gasteiger partial charge in [-0.3, -0.25) is 4.79 Å². The largest absolute Gasteiger partial charge is 0.294 e. The highest BCUT2D eigenvalue weighted by Crippen LogP contribution is 2.40. The number of ketones is 1. The van der Waals surface area contributed by atoms with Gasteiger partial charge in [-0.05, 0) is 44.7 Å². The number of hydrogen-bond acceptors (Lipinski definition) is 4. The highest BCUT2D eigenvalue weighted by Gasteiger charge is 2.46. The summed E-state index contributed by atoms with van der Waals surface area (Å²) in [4.78, 5) is 16.3. The first kappa shape index (κ1) is 14.6. The number of pyridine rings is 1. The summed E-state index contributed by atoms with van der Waals surface area (Å²) in [6.45, 7) is 1.61. The molecule has 3 heterocycles. The van der Waals surface area contributed by atoms with Crippen molar-refractivity contribution in [1.29, 1.82) is 0 Å². The van der Waals surface area contributed by atoms with Gasteiger partial charge in [0.05, 0.1) is 16.2 Å². The lowest BCUT2D eigenvalue weighted by Crippen LogP contribution is -2.45. The summed E-state index contributed by atoms with van der Waals surface area (Å²) < 4.78 is 37.5. The van der Waals surface area contributed by atoms with E-state index in [0.29, 0.717) is 36.9 Å². The van der Waals surface area contributed by atoms with Crippen LogP contribution in [0.1, 0.15) is 48.2 Å². The van der Waals surface area contributed by atoms with E-state index < -0.39 is 15.8 Å². The zero-order valence-electron chi connectivity index (χ0n) is 11.9. The van der Waals surface area contributed by atoms with Crippen molar-refractivity contribution in [3.63, 3.8) is 0 Å². The maximum atomic E-state index is 13.0. The molecule has 0 aromatic carbocycles. The van der Waals surface area contributed by atoms with Gasteiger partial charge in [-0.25, -0.2) is 13.4 Å². The number of Topliss-reactive ketones (excluding diaryl/α,β-unsaturated/α-hetero) is 1. The number of fused-ring (bicyclic) bond motifs is 2. The highest BCUT2D eigenvalue weighted by molar-refractivity contribution is 7.92. The quantitative estimate of drug-likeness (QED) is 0.621. The summed E-state index contributed by atoms with van der Waals surface area (Å²) in [6.07, 6.45) is 3.03. The third kappa shape index (κ3) is 2.50. The number of aryl methyl sites for hydroxylation is 1. The molecule has 0 spiro atoms. The standard InChI is InChI=1S/C15H18FNO3S/c1-9-13(5-6-14(16)17-9)15(18)10-7-11-3-2-4-12(8-10)21(11,19)20/h5-6,10-12H,2-4,7-8H2,1H3. The molecule has 3 rings (SSSR count). The number of hydrogen-bond donors (Lipinski definition) is 0. The summed E-state index contributed by atoms with van der Waals surface area (Å²) in [5.41, 5.74) is 0.789. The van der Waals surface area contributed by atoms with E-state index >= 15 is 0 Å². The van der Waals surface area contributed by atoms with Gasteiger partial charge in [0.2, 0.25) is 5.95 Å². The van der Waals surface area contributed by atoms with Gasteiger partial charge in [0.25, 0.3) is 0 Å². The normalized spacial score (nSPS) is 30.9. The predicted molar refractivity (Wildman–Crippen MR) is 76.3 cm³/mol. The lowest BCUT2D eigenvalue weighted by atomic mass is 9.84. The van der Waals surface area contributed by atoms with Gasteiger partial charge >= 0.3 is 0 Å². The number of halogens is 1. The van der Waals surface area contributed by atoms with Crippen LogP contribution in [0.2, 0.25) is 0 Å². The molecule has 0 radical (unpaired) electrons. The van der Waals surface area contributed by atoms with Gasteiger partial charge in [-0.1, -0.05) is 6.42 Å². The first-order valence-corrected chi connectivity index (χ1v) is 8.90. The van der Waals surface area contributed by atoms with Crippen molar-refractivity contribution in [3.8, 4) is 0 Å². The molecule has 0 saturated carbocycles. The first-order valence-electron chi connectivity index (χ1n) is 7.29. The fourth-order valence-corrected chi connectivity index (χ4v) is 6.17. The van der Waals surface area contributed by atoms with E-state index in [1.165, 1.54) is 12.1 Å². The lowest BCUT2D eigenvalue weighted by Gasteiger charge is -2.38. The molecular weight excluding hydrogens is 293 g/mol. The monoisotopic (exact) mass is 311 g/mol. The summed E-state index contributed by atoms with van der Waals surface area (Å²) in [5, 5.41) is -0.764. The molecule has 2 fully saturated rings. The molecule has 2 atom stereocenters. The number of aromatic nitrogens is 1. The maximum Gasteiger partial charge on any atom is 0.213 e. The Balaban J connectivity index is 1.87. The van der Waals surface area contributed by atoms with Crippen molar-refractivity contribution in [2.75, 3.05) is 0 Å². The van der Waals surface area contributed by atoms with Crippen LogP contribution in [0.4, 0.5) is 4.39 Å². The van der Waals surface area contributed by atoms with Crippen molar-refractivity contribution >= 4 is 15.6 Å². The van der Waals surface area contributed by atoms with Crippen LogP contribution < -0.4 is 0 Å². The molecule has 1 aromatic rings. The molecule has 2 aliphatic heterocycles. The topological polar surface area (TPSA) is 64.1 Å². The van der Waals surface area contributed by atoms with Gasteiger partial charge in [-0.2, -0.15) is 4.39 Å². The van der Waals surface area contributed by atoms with Gasteiger partial charge in [0.1, 0.15) is 0 Å². The number of carbonyl (C=O) groups is 1. The third-order valence-corrected chi connectivity index (χ3v) is 7.48. The van der Waals surface area contributed by atoms with E-state index in [0.717, 1.165) is 6.42 Å². The molecule has 2 saturated heterocycles. The Morgan fingerprint density at radius 3 is 2.43 bits per heavy atom. The van der Waals surface area contributed by atoms with E-state index in [2.05, 4.69) is 4.98 Å². The minimum absolute atomic E-state index is 0.0909. The van der Waals surface area contributed by atoms with Crippen molar-refractivity contribution < 1.29 is 17.6 Å². The Labute approximate surface area is 123 Å². The number of nitrogens with zero attached hydrogens (tertiary/aromatic N) is 1. The van der Waals surface area contributed by atoms with Gasteiger partial charge in [0, 0.05) is 11.5 Å². The average molecular weight is 311 g/mol. The number of carbonyl (C=O) groups excluding carboxylic acids is 1. The van der Waals surface area contributed by atoms with Crippen LogP contribution >= 0.6 is 0 Å². The van der Waals surface area contributed by atoms with Crippen molar-refractivity contribution in [2.24, 2.45) is 5.92 Å². The van der Waals surface area contributed by atoms with Crippen molar-refractivity contribution in [2.45, 2.75) is 49.5 Å². The Morgan fingerprint density at radius 2 is 1.86 bits per heavy atom. The Morgan fingerprint density at radius 1 is 1.24 bits per heavy atom. The summed E-state index contributed by atoms with van der Waals surface area (Å²) in [7, 11) is -3.06. The van der Waals surface area contributed by atoms with Crippen LogP contribution in [-0.4, -0.2) is 29.7 Å². The van der Waals surface area contributed by atoms with E-state index in [-0.39, 0.29) is 22.2 Å². The second-order valence-corrected chi connectivity index (χ2v) is 8.57. The van der Waals surface area contributed by atoms with Crippen molar-refractivity contribution in [3.05, 3.63) is 29.3 Å². The minimum Gasteiger partial charge on any atom is -0.294 e. The molecule has 2 aliphatic rings. The van der Waals surface area contributed by atoms with Gasteiger partial charge < -0.3 is 0 Å². The Hall–Kier alpha value is -1.30. The molecule has 2 unspecified atom stereocenters. The molecule has 6 heteroatoms. The van der Waals surface area contributed by atoms with E-state index in [4.69, 9.17) is 0 Å². The molecule has 21 heavy (non-hydrogen) atoms. The fraction of sp³-hybridized carbons (Fsp3) is 0.600. The third-order valence-electron chi connectivity index (χ3n) is 4.76. The fourth-order valence-electron chi connectivity index (χ4n) is 3.63. The summed E-state index contributed by atoms with van der Waals surface area (Å²) >= 11 is 0. The van der Waals surface area contributed by atoms with Crippen LogP contribution in [0.5, 0.6) is 0 Å². The van der Waals surface area contributed by atoms with Crippen LogP contribution in [0.3, 0.4) is 0 Å². The molecular formula is C15H18FNO3S. The molecule has 1 aromatic heterocycles. The first-order chi connectivity index (χ1) is 9.89. The van der Waals surface area contributed by atoms with E-state index in [1.807, 2.05) is 0 Å². The zero-order chi connectivity index (χ0) is 15.2. The summed E-state index contributed by atoms with van der Waals surface area (Å²) in [6, 6.07) is 2.64. The molecule has 0 amide bonds. The predicted octanol–water partition coefficient (Wildman–Crippen LogP) is 2.46. The van der Waals surface area contributed by atoms with Gasteiger partial charge in [-0.15, -0.1) is 0 Å². The maximum absolute atomic E-state index is 13.0. The van der Waals surface area contributed by atoms with E-state index in [9.17, 15) is 17.6 Å². The van der Waals surface area contributed by atoms with Crippen LogP contribution in [-0.2, 0) is 9.84 Å². The molecule has 2 bridgehead atoms. The summed E-state index contributed by atoms with van der Waals surface area (Å²) in [5.74, 6) is -0.978. The second-order valence-electron chi connectivity index (χ2n) is 6.06. The highest BCUT2D eigenvalue weighted by atomic mass is 32.2. The van der Waals surface area contributed by atoms with Crippen LogP contribution in [0.15, 0.2) is 12.1 Å². The Bertz CT molecular complexity index is 666. The van der Waals surface area contributed by atoms with Crippen LogP contribution in [0, 0.1) is 18.8 Å². The minimum atomic E-state index is -3.06. The zero-order valence-corrected chi connectivity index (χ0v) is 12.7. The van der Waals surface area contributed by atoms with Crippen LogP contribution in [0.25, 0.3) is 0 Å². The second kappa shape index (κ2) is 5.16. The molecule has 0 N–H and O–H groups in total. The van der Waals surface area contributed by atoms with E-state index in [1.54, 1.807) is 6.92 Å². The molecule has 114 valence electrons. The number of rotatable bonds is 2. The smallest absolute Gasteiger partial charge is 0.213 e. The van der Waals surface area contributed by atoms with Gasteiger partial charge in [0.15, 0.2) is 15.6 Å². The number of sulfone groups is 1. The van der Waals surface area contributed by atoms with Crippen molar-refractivity contribution in [1.82, 2.24) is 4.98 Å². The SMILES string of the molecule is Cc1nc(F)ccc1C(=O)C1CC2CCCC(C1)S2(=O)=O. The lowest BCUT2D eigenvalue weighted by molar-refractivity contribution is 0.0893. The Kier molecular flexibility index (Phi) is 3.59. The molecule has 0 aliphatic carbocycles. The molecule has 4 nitrogen and oxygen atoms in total. The average Bonchev–Trinajstić information content (AvgIpc) is 2.36.